The molecule has 0 saturated carbocycles. The fourth-order valence-electron chi connectivity index (χ4n) is 2.69. The number of carbonyl (C=O) groups is 1. The Hall–Kier alpha value is -2.01. The highest BCUT2D eigenvalue weighted by Crippen LogP contribution is 2.29. The maximum absolute atomic E-state index is 12.5. The summed E-state index contributed by atoms with van der Waals surface area (Å²) in [6.45, 7) is 3.00. The van der Waals surface area contributed by atoms with Gasteiger partial charge in [-0.05, 0) is 24.5 Å². The molecule has 1 amide bonds. The van der Waals surface area contributed by atoms with Crippen LogP contribution >= 0.6 is 0 Å². The number of hydrogen-bond donors (Lipinski definition) is 1. The van der Waals surface area contributed by atoms with Crippen molar-refractivity contribution in [1.82, 2.24) is 4.90 Å². The maximum atomic E-state index is 12.5. The molecule has 1 aromatic carbocycles. The average molecular weight is 289 g/mol. The number of furan rings is 1. The predicted molar refractivity (Wildman–Crippen MR) is 78.5 cm³/mol. The fraction of sp³-hybridized carbons (Fsp3) is 0.438. The standard InChI is InChI=1S/C16H19NO4/c1-10-6-7-17(9-12(10)18)16(19)14-8-11-4-3-5-13(20-2)15(11)21-14/h3-5,8,10,12,18H,6-7,9H2,1-2H3. The highest BCUT2D eigenvalue weighted by atomic mass is 16.5. The molecule has 1 aliphatic rings. The highest BCUT2D eigenvalue weighted by molar-refractivity contribution is 5.97. The Kier molecular flexibility index (Phi) is 3.59. The lowest BCUT2D eigenvalue weighted by Crippen LogP contribution is -2.45. The molecule has 1 aromatic heterocycles. The van der Waals surface area contributed by atoms with E-state index in [4.69, 9.17) is 9.15 Å². The van der Waals surface area contributed by atoms with E-state index in [2.05, 4.69) is 0 Å². The van der Waals surface area contributed by atoms with Crippen molar-refractivity contribution >= 4 is 16.9 Å². The molecule has 1 N–H and O–H groups in total. The zero-order valence-corrected chi connectivity index (χ0v) is 12.2. The van der Waals surface area contributed by atoms with Gasteiger partial charge in [0.15, 0.2) is 17.1 Å². The minimum absolute atomic E-state index is 0.181. The van der Waals surface area contributed by atoms with Gasteiger partial charge in [0.2, 0.25) is 0 Å². The summed E-state index contributed by atoms with van der Waals surface area (Å²) in [6, 6.07) is 7.26. The maximum Gasteiger partial charge on any atom is 0.289 e. The third-order valence-corrected chi connectivity index (χ3v) is 4.14. The smallest absolute Gasteiger partial charge is 0.289 e. The number of β-amino-alcohol motifs (C(OH)–C–C–N with tert-alkyl or cyclic N) is 1. The first kappa shape index (κ1) is 13.9. The largest absolute Gasteiger partial charge is 0.493 e. The molecule has 1 saturated heterocycles. The van der Waals surface area contributed by atoms with Crippen LogP contribution in [0.2, 0.25) is 0 Å². The number of benzene rings is 1. The zero-order chi connectivity index (χ0) is 15.0. The van der Waals surface area contributed by atoms with Crippen molar-refractivity contribution in [3.05, 3.63) is 30.0 Å². The lowest BCUT2D eigenvalue weighted by molar-refractivity contribution is 0.0232. The number of ether oxygens (including phenoxy) is 1. The molecule has 112 valence electrons. The molecule has 5 nitrogen and oxygen atoms in total. The zero-order valence-electron chi connectivity index (χ0n) is 12.2. The van der Waals surface area contributed by atoms with E-state index < -0.39 is 6.10 Å². The van der Waals surface area contributed by atoms with Crippen molar-refractivity contribution in [2.24, 2.45) is 5.92 Å². The SMILES string of the molecule is COc1cccc2cc(C(=O)N3CCC(C)C(O)C3)oc12. The topological polar surface area (TPSA) is 62.9 Å². The predicted octanol–water partition coefficient (Wildman–Crippen LogP) is 2.28. The van der Waals surface area contributed by atoms with Crippen LogP contribution < -0.4 is 4.74 Å². The molecule has 2 heterocycles. The van der Waals surface area contributed by atoms with E-state index in [9.17, 15) is 9.90 Å². The lowest BCUT2D eigenvalue weighted by Gasteiger charge is -2.33. The quantitative estimate of drug-likeness (QED) is 0.921. The van der Waals surface area contributed by atoms with Gasteiger partial charge in [-0.2, -0.15) is 0 Å². The van der Waals surface area contributed by atoms with Gasteiger partial charge in [-0.1, -0.05) is 19.1 Å². The van der Waals surface area contributed by atoms with Gasteiger partial charge in [0.25, 0.3) is 5.91 Å². The van der Waals surface area contributed by atoms with Gasteiger partial charge in [-0.15, -0.1) is 0 Å². The summed E-state index contributed by atoms with van der Waals surface area (Å²) < 4.78 is 10.9. The van der Waals surface area contributed by atoms with E-state index in [-0.39, 0.29) is 17.6 Å². The second-order valence-corrected chi connectivity index (χ2v) is 5.57. The number of nitrogens with zero attached hydrogens (tertiary/aromatic N) is 1. The fourth-order valence-corrected chi connectivity index (χ4v) is 2.69. The summed E-state index contributed by atoms with van der Waals surface area (Å²) in [5.41, 5.74) is 0.578. The van der Waals surface area contributed by atoms with Crippen LogP contribution in [0.3, 0.4) is 0 Å². The van der Waals surface area contributed by atoms with Crippen molar-refractivity contribution in [1.29, 1.82) is 0 Å². The number of likely N-dealkylation sites (tertiary alicyclic amines) is 1. The Morgan fingerprint density at radius 1 is 1.48 bits per heavy atom. The summed E-state index contributed by atoms with van der Waals surface area (Å²) in [6.07, 6.45) is 0.331. The minimum Gasteiger partial charge on any atom is -0.493 e. The molecule has 3 rings (SSSR count). The van der Waals surface area contributed by atoms with Gasteiger partial charge in [-0.25, -0.2) is 0 Å². The number of amides is 1. The molecule has 2 aromatic rings. The van der Waals surface area contributed by atoms with E-state index in [1.807, 2.05) is 19.1 Å². The van der Waals surface area contributed by atoms with Gasteiger partial charge in [0, 0.05) is 18.5 Å². The second kappa shape index (κ2) is 5.41. The number of fused-ring (bicyclic) bond motifs is 1. The molecule has 2 unspecified atom stereocenters. The highest BCUT2D eigenvalue weighted by Gasteiger charge is 2.29. The van der Waals surface area contributed by atoms with Crippen LogP contribution in [0.4, 0.5) is 0 Å². The van der Waals surface area contributed by atoms with E-state index in [1.54, 1.807) is 24.1 Å². The Morgan fingerprint density at radius 3 is 3.00 bits per heavy atom. The molecule has 1 fully saturated rings. The molecular weight excluding hydrogens is 270 g/mol. The molecular formula is C16H19NO4. The van der Waals surface area contributed by atoms with E-state index in [0.29, 0.717) is 24.4 Å². The first-order valence-electron chi connectivity index (χ1n) is 7.14. The van der Waals surface area contributed by atoms with E-state index in [1.165, 1.54) is 0 Å². The van der Waals surface area contributed by atoms with Crippen LogP contribution in [-0.4, -0.2) is 42.2 Å². The number of rotatable bonds is 2. The molecule has 0 bridgehead atoms. The molecule has 5 heteroatoms. The Morgan fingerprint density at radius 2 is 2.29 bits per heavy atom. The van der Waals surface area contributed by atoms with Crippen molar-refractivity contribution in [2.75, 3.05) is 20.2 Å². The van der Waals surface area contributed by atoms with Crippen LogP contribution in [0.1, 0.15) is 23.9 Å². The van der Waals surface area contributed by atoms with Gasteiger partial charge < -0.3 is 19.2 Å². The first-order valence-corrected chi connectivity index (χ1v) is 7.14. The van der Waals surface area contributed by atoms with Gasteiger partial charge in [-0.3, -0.25) is 4.79 Å². The Labute approximate surface area is 123 Å². The van der Waals surface area contributed by atoms with Gasteiger partial charge >= 0.3 is 0 Å². The minimum atomic E-state index is -0.471. The van der Waals surface area contributed by atoms with Gasteiger partial charge in [0.05, 0.1) is 13.2 Å². The van der Waals surface area contributed by atoms with Crippen LogP contribution in [-0.2, 0) is 0 Å². The first-order chi connectivity index (χ1) is 10.1. The molecule has 21 heavy (non-hydrogen) atoms. The molecule has 2 atom stereocenters. The number of aliphatic hydroxyl groups excluding tert-OH is 1. The van der Waals surface area contributed by atoms with Crippen molar-refractivity contribution in [3.63, 3.8) is 0 Å². The Balaban J connectivity index is 1.88. The summed E-state index contributed by atoms with van der Waals surface area (Å²) in [4.78, 5) is 14.1. The van der Waals surface area contributed by atoms with E-state index >= 15 is 0 Å². The van der Waals surface area contributed by atoms with Crippen LogP contribution in [0.5, 0.6) is 5.75 Å². The van der Waals surface area contributed by atoms with E-state index in [0.717, 1.165) is 11.8 Å². The Bertz CT molecular complexity index is 663. The number of para-hydroxylation sites is 1. The number of methoxy groups -OCH3 is 1. The average Bonchev–Trinajstić information content (AvgIpc) is 2.93. The number of hydrogen-bond acceptors (Lipinski definition) is 4. The number of carbonyl (C=O) groups excluding carboxylic acids is 1. The second-order valence-electron chi connectivity index (χ2n) is 5.57. The normalized spacial score (nSPS) is 22.5. The van der Waals surface area contributed by atoms with Crippen LogP contribution in [0.25, 0.3) is 11.0 Å². The lowest BCUT2D eigenvalue weighted by atomic mass is 9.96. The monoisotopic (exact) mass is 289 g/mol. The summed E-state index contributed by atoms with van der Waals surface area (Å²) in [5, 5.41) is 10.8. The third-order valence-electron chi connectivity index (χ3n) is 4.14. The van der Waals surface area contributed by atoms with Crippen molar-refractivity contribution in [2.45, 2.75) is 19.4 Å². The van der Waals surface area contributed by atoms with Crippen LogP contribution in [0.15, 0.2) is 28.7 Å². The van der Waals surface area contributed by atoms with Crippen LogP contribution in [0, 0.1) is 5.92 Å². The molecule has 1 aliphatic heterocycles. The third kappa shape index (κ3) is 2.49. The van der Waals surface area contributed by atoms with Crippen molar-refractivity contribution < 1.29 is 19.1 Å². The van der Waals surface area contributed by atoms with Gasteiger partial charge in [0.1, 0.15) is 0 Å². The van der Waals surface area contributed by atoms with Crippen molar-refractivity contribution in [3.8, 4) is 5.75 Å². The summed E-state index contributed by atoms with van der Waals surface area (Å²) in [5.74, 6) is 0.944. The number of aliphatic hydroxyl groups is 1. The number of piperidine rings is 1. The summed E-state index contributed by atoms with van der Waals surface area (Å²) >= 11 is 0. The molecule has 0 spiro atoms. The molecule has 0 radical (unpaired) electrons. The summed E-state index contributed by atoms with van der Waals surface area (Å²) in [7, 11) is 1.57. The molecule has 0 aliphatic carbocycles.